The van der Waals surface area contributed by atoms with Gasteiger partial charge in [0.25, 0.3) is 21.3 Å². The Morgan fingerprint density at radius 1 is 1.15 bits per heavy atom. The summed E-state index contributed by atoms with van der Waals surface area (Å²) in [5.74, 6) is 0. The van der Waals surface area contributed by atoms with Crippen LogP contribution in [-0.4, -0.2) is 41.7 Å². The number of nitrogens with zero attached hydrogens (tertiary/aromatic N) is 3. The van der Waals surface area contributed by atoms with Gasteiger partial charge in [-0.05, 0) is 18.2 Å². The lowest BCUT2D eigenvalue weighted by Gasteiger charge is -2.30. The van der Waals surface area contributed by atoms with Crippen LogP contribution in [0.2, 0.25) is 0 Å². The minimum Gasteiger partial charge on any atom is -0.392 e. The van der Waals surface area contributed by atoms with Crippen molar-refractivity contribution in [2.45, 2.75) is 17.7 Å². The molecule has 0 unspecified atom stereocenters. The van der Waals surface area contributed by atoms with Crippen LogP contribution in [0.3, 0.4) is 0 Å². The van der Waals surface area contributed by atoms with Gasteiger partial charge in [0.05, 0.1) is 28.7 Å². The number of aromatic nitrogens is 2. The third-order valence-corrected chi connectivity index (χ3v) is 6.62. The van der Waals surface area contributed by atoms with Crippen molar-refractivity contribution in [2.75, 3.05) is 18.0 Å². The van der Waals surface area contributed by atoms with Gasteiger partial charge in [0, 0.05) is 37.1 Å². The third kappa shape index (κ3) is 5.00. The summed E-state index contributed by atoms with van der Waals surface area (Å²) < 4.78 is 34.5. The Bertz CT molecular complexity index is 1370. The zero-order chi connectivity index (χ0) is 24.2. The van der Waals surface area contributed by atoms with E-state index in [2.05, 4.69) is 4.98 Å². The highest BCUT2D eigenvalue weighted by molar-refractivity contribution is 7.92. The number of para-hydroxylation sites is 1. The predicted molar refractivity (Wildman–Crippen MR) is 117 cm³/mol. The summed E-state index contributed by atoms with van der Waals surface area (Å²) in [4.78, 5) is 35.8. The fourth-order valence-corrected chi connectivity index (χ4v) is 4.65. The Labute approximate surface area is 187 Å². The first-order valence-electron chi connectivity index (χ1n) is 9.49. The minimum atomic E-state index is -4.33. The normalized spacial score (nSPS) is 12.3. The Morgan fingerprint density at radius 2 is 1.82 bits per heavy atom. The Balaban J connectivity index is 2.14. The molecule has 0 radical (unpaired) electrons. The first-order chi connectivity index (χ1) is 15.7. The Hall–Kier alpha value is -3.81. The van der Waals surface area contributed by atoms with Crippen molar-refractivity contribution in [1.29, 1.82) is 0 Å². The summed E-state index contributed by atoms with van der Waals surface area (Å²) in [7, 11) is -3.07. The maximum Gasteiger partial charge on any atom is 0.330 e. The van der Waals surface area contributed by atoms with E-state index in [1.165, 1.54) is 25.4 Å². The molecule has 3 rings (SSSR count). The fourth-order valence-electron chi connectivity index (χ4n) is 3.15. The molecule has 12 nitrogen and oxygen atoms in total. The number of nitro groups is 1. The number of nitrogens with one attached hydrogen (secondary N) is 1. The van der Waals surface area contributed by atoms with E-state index in [0.717, 1.165) is 39.2 Å². The van der Waals surface area contributed by atoms with Crippen LogP contribution in [0.5, 0.6) is 0 Å². The number of hydrogen-bond donors (Lipinski definition) is 2. The summed E-state index contributed by atoms with van der Waals surface area (Å²) in [6.07, 6.45) is 0.0122. The van der Waals surface area contributed by atoms with Crippen LogP contribution in [0.25, 0.3) is 0 Å². The van der Waals surface area contributed by atoms with E-state index in [4.69, 9.17) is 4.74 Å². The van der Waals surface area contributed by atoms with E-state index < -0.39 is 45.6 Å². The van der Waals surface area contributed by atoms with E-state index in [1.807, 2.05) is 0 Å². The van der Waals surface area contributed by atoms with Crippen LogP contribution >= 0.6 is 0 Å². The molecular formula is C20H20N4O8S. The highest BCUT2D eigenvalue weighted by Crippen LogP contribution is 2.30. The number of anilines is 1. The lowest BCUT2D eigenvalue weighted by molar-refractivity contribution is -0.384. The van der Waals surface area contributed by atoms with E-state index in [-0.39, 0.29) is 21.8 Å². The van der Waals surface area contributed by atoms with Gasteiger partial charge >= 0.3 is 5.69 Å². The molecule has 3 aromatic rings. The van der Waals surface area contributed by atoms with Crippen molar-refractivity contribution in [2.24, 2.45) is 0 Å². The van der Waals surface area contributed by atoms with Crippen LogP contribution in [-0.2, 0) is 21.4 Å². The summed E-state index contributed by atoms with van der Waals surface area (Å²) in [5, 5.41) is 20.7. The van der Waals surface area contributed by atoms with E-state index in [9.17, 15) is 33.2 Å². The molecule has 0 saturated carbocycles. The second-order valence-electron chi connectivity index (χ2n) is 6.78. The average Bonchev–Trinajstić information content (AvgIpc) is 2.80. The largest absolute Gasteiger partial charge is 0.392 e. The zero-order valence-corrected chi connectivity index (χ0v) is 18.1. The topological polar surface area (TPSA) is 165 Å². The summed E-state index contributed by atoms with van der Waals surface area (Å²) in [5.41, 5.74) is -1.32. The smallest absolute Gasteiger partial charge is 0.330 e. The Morgan fingerprint density at radius 3 is 2.39 bits per heavy atom. The molecule has 2 aromatic carbocycles. The number of aliphatic hydroxyl groups is 1. The third-order valence-electron chi connectivity index (χ3n) is 4.82. The van der Waals surface area contributed by atoms with E-state index in [0.29, 0.717) is 0 Å². The van der Waals surface area contributed by atoms with Crippen molar-refractivity contribution in [3.63, 3.8) is 0 Å². The Kier molecular flexibility index (Phi) is 7.06. The van der Waals surface area contributed by atoms with Crippen molar-refractivity contribution in [3.8, 4) is 0 Å². The summed E-state index contributed by atoms with van der Waals surface area (Å²) in [6, 6.07) is 11.6. The number of sulfonamides is 1. The number of methoxy groups -OCH3 is 1. The van der Waals surface area contributed by atoms with Gasteiger partial charge in [-0.25, -0.2) is 13.2 Å². The SMILES string of the molecule is CO[C@@H](CN(c1ccccc1CO)S(=O)(=O)c1ccc([N+](=O)[O-])cc1)n1ccc(=O)[nH]c1=O. The molecule has 0 aliphatic carbocycles. The van der Waals surface area contributed by atoms with Crippen LogP contribution in [0.1, 0.15) is 11.8 Å². The van der Waals surface area contributed by atoms with E-state index in [1.54, 1.807) is 12.1 Å². The van der Waals surface area contributed by atoms with Crippen LogP contribution < -0.4 is 15.6 Å². The molecular weight excluding hydrogens is 456 g/mol. The maximum atomic E-state index is 13.6. The number of aliphatic hydroxyl groups excluding tert-OH is 1. The fraction of sp³-hybridized carbons (Fsp3) is 0.200. The number of aromatic amines is 1. The molecule has 33 heavy (non-hydrogen) atoms. The molecule has 0 bridgehead atoms. The highest BCUT2D eigenvalue weighted by atomic mass is 32.2. The lowest BCUT2D eigenvalue weighted by Crippen LogP contribution is -2.41. The molecule has 1 aromatic heterocycles. The highest BCUT2D eigenvalue weighted by Gasteiger charge is 2.30. The molecule has 1 heterocycles. The standard InChI is InChI=1S/C20H20N4O8S/c1-32-19(22-11-10-18(26)21-20(22)27)12-23(17-5-3-2-4-14(17)13-25)33(30,31)16-8-6-15(7-9-16)24(28)29/h2-11,19,25H,12-13H2,1H3,(H,21,26,27)/t19-/m0/s1. The molecule has 2 N–H and O–H groups in total. The molecule has 0 amide bonds. The molecule has 0 spiro atoms. The number of rotatable bonds is 9. The quantitative estimate of drug-likeness (QED) is 0.341. The first-order valence-corrected chi connectivity index (χ1v) is 10.9. The predicted octanol–water partition coefficient (Wildman–Crippen LogP) is 0.978. The second-order valence-corrected chi connectivity index (χ2v) is 8.64. The molecule has 0 aliphatic rings. The van der Waals surface area contributed by atoms with Gasteiger partial charge in [-0.2, -0.15) is 0 Å². The van der Waals surface area contributed by atoms with Gasteiger partial charge in [0.1, 0.15) is 0 Å². The number of hydrogen-bond acceptors (Lipinski definition) is 8. The van der Waals surface area contributed by atoms with Crippen molar-refractivity contribution >= 4 is 21.4 Å². The van der Waals surface area contributed by atoms with Crippen molar-refractivity contribution < 1.29 is 23.2 Å². The van der Waals surface area contributed by atoms with Crippen LogP contribution in [0.15, 0.2) is 75.3 Å². The molecule has 0 fully saturated rings. The number of nitro benzene ring substituents is 1. The van der Waals surface area contributed by atoms with Crippen LogP contribution in [0, 0.1) is 10.1 Å². The number of ether oxygens (including phenoxy) is 1. The van der Waals surface area contributed by atoms with Crippen molar-refractivity contribution in [3.05, 3.63) is 97.3 Å². The van der Waals surface area contributed by atoms with Gasteiger partial charge in [0.2, 0.25) is 0 Å². The monoisotopic (exact) mass is 476 g/mol. The molecule has 13 heteroatoms. The van der Waals surface area contributed by atoms with Gasteiger partial charge in [-0.3, -0.25) is 28.8 Å². The first kappa shape index (κ1) is 23.8. The lowest BCUT2D eigenvalue weighted by atomic mass is 10.2. The van der Waals surface area contributed by atoms with Crippen LogP contribution in [0.4, 0.5) is 11.4 Å². The molecule has 0 aliphatic heterocycles. The summed E-state index contributed by atoms with van der Waals surface area (Å²) >= 11 is 0. The minimum absolute atomic E-state index is 0.123. The maximum absolute atomic E-state index is 13.6. The van der Waals surface area contributed by atoms with Gasteiger partial charge in [0.15, 0.2) is 6.23 Å². The molecule has 0 saturated heterocycles. The van der Waals surface area contributed by atoms with E-state index >= 15 is 0 Å². The number of H-pyrrole nitrogens is 1. The molecule has 1 atom stereocenters. The van der Waals surface area contributed by atoms with Crippen molar-refractivity contribution in [1.82, 2.24) is 9.55 Å². The van der Waals surface area contributed by atoms with Gasteiger partial charge in [-0.15, -0.1) is 0 Å². The number of non-ortho nitro benzene ring substituents is 1. The summed E-state index contributed by atoms with van der Waals surface area (Å²) in [6.45, 7) is -0.891. The van der Waals surface area contributed by atoms with Gasteiger partial charge in [-0.1, -0.05) is 18.2 Å². The zero-order valence-electron chi connectivity index (χ0n) is 17.3. The average molecular weight is 476 g/mol. The number of benzene rings is 2. The molecule has 174 valence electrons. The second kappa shape index (κ2) is 9.77. The van der Waals surface area contributed by atoms with Gasteiger partial charge < -0.3 is 9.84 Å².